The molecule has 0 amide bonds. The minimum Gasteiger partial charge on any atom is -0.478 e. The van der Waals surface area contributed by atoms with Gasteiger partial charge < -0.3 is 15.0 Å². The standard InChI is InChI=1S/C13H11NO5S/c14-11-3-1-2-4-12(11)19-20(17,18)10-7-5-9(6-8-10)13(15)16/h1-8H,14H2,(H,15,16). The molecule has 0 saturated carbocycles. The molecule has 104 valence electrons. The number of benzene rings is 2. The van der Waals surface area contributed by atoms with E-state index in [0.717, 1.165) is 12.1 Å². The number of hydrogen-bond acceptors (Lipinski definition) is 5. The molecule has 2 aromatic carbocycles. The first-order chi connectivity index (χ1) is 9.40. The molecule has 20 heavy (non-hydrogen) atoms. The van der Waals surface area contributed by atoms with Gasteiger partial charge in [-0.3, -0.25) is 0 Å². The molecule has 2 rings (SSSR count). The highest BCUT2D eigenvalue weighted by Crippen LogP contribution is 2.24. The lowest BCUT2D eigenvalue weighted by atomic mass is 10.2. The van der Waals surface area contributed by atoms with Gasteiger partial charge in [0.1, 0.15) is 4.90 Å². The second-order valence-electron chi connectivity index (χ2n) is 3.90. The van der Waals surface area contributed by atoms with Gasteiger partial charge in [-0.2, -0.15) is 8.42 Å². The van der Waals surface area contributed by atoms with Gasteiger partial charge in [0.05, 0.1) is 11.3 Å². The first-order valence-corrected chi connectivity index (χ1v) is 6.93. The van der Waals surface area contributed by atoms with E-state index in [9.17, 15) is 13.2 Å². The van der Waals surface area contributed by atoms with E-state index in [1.54, 1.807) is 12.1 Å². The molecule has 0 aliphatic rings. The van der Waals surface area contributed by atoms with Crippen LogP contribution in [0, 0.1) is 0 Å². The third kappa shape index (κ3) is 2.89. The summed E-state index contributed by atoms with van der Waals surface area (Å²) in [6.07, 6.45) is 0. The number of hydrogen-bond donors (Lipinski definition) is 2. The van der Waals surface area contributed by atoms with Crippen molar-refractivity contribution in [1.29, 1.82) is 0 Å². The molecule has 7 heteroatoms. The third-order valence-electron chi connectivity index (χ3n) is 2.51. The summed E-state index contributed by atoms with van der Waals surface area (Å²) >= 11 is 0. The number of anilines is 1. The van der Waals surface area contributed by atoms with Crippen LogP contribution in [0.25, 0.3) is 0 Å². The molecule has 3 N–H and O–H groups in total. The summed E-state index contributed by atoms with van der Waals surface area (Å²) in [4.78, 5) is 10.6. The third-order valence-corrected chi connectivity index (χ3v) is 3.76. The summed E-state index contributed by atoms with van der Waals surface area (Å²) in [5.41, 5.74) is 5.78. The molecule has 0 fully saturated rings. The number of aromatic carboxylic acids is 1. The first-order valence-electron chi connectivity index (χ1n) is 5.52. The monoisotopic (exact) mass is 293 g/mol. The molecule has 0 radical (unpaired) electrons. The Morgan fingerprint density at radius 1 is 1.05 bits per heavy atom. The number of carbonyl (C=O) groups is 1. The lowest BCUT2D eigenvalue weighted by Crippen LogP contribution is -2.11. The minimum absolute atomic E-state index is 0.0109. The fourth-order valence-corrected chi connectivity index (χ4v) is 2.44. The van der Waals surface area contributed by atoms with Crippen molar-refractivity contribution in [3.8, 4) is 5.75 Å². The average molecular weight is 293 g/mol. The van der Waals surface area contributed by atoms with Crippen molar-refractivity contribution >= 4 is 21.8 Å². The van der Waals surface area contributed by atoms with E-state index in [4.69, 9.17) is 15.0 Å². The molecule has 6 nitrogen and oxygen atoms in total. The SMILES string of the molecule is Nc1ccccc1OS(=O)(=O)c1ccc(C(=O)O)cc1. The van der Waals surface area contributed by atoms with Gasteiger partial charge in [0.2, 0.25) is 0 Å². The van der Waals surface area contributed by atoms with E-state index in [1.165, 1.54) is 24.3 Å². The number of nitrogens with two attached hydrogens (primary N) is 1. The van der Waals surface area contributed by atoms with Gasteiger partial charge in [0, 0.05) is 0 Å². The summed E-state index contributed by atoms with van der Waals surface area (Å²) in [6.45, 7) is 0. The zero-order chi connectivity index (χ0) is 14.8. The highest BCUT2D eigenvalue weighted by Gasteiger charge is 2.18. The summed E-state index contributed by atoms with van der Waals surface area (Å²) in [5, 5.41) is 8.75. The van der Waals surface area contributed by atoms with Gasteiger partial charge >= 0.3 is 16.1 Å². The van der Waals surface area contributed by atoms with E-state index in [1.807, 2.05) is 0 Å². The average Bonchev–Trinajstić information content (AvgIpc) is 2.41. The highest BCUT2D eigenvalue weighted by molar-refractivity contribution is 7.87. The number of carboxylic acid groups (broad SMARTS) is 1. The maximum absolute atomic E-state index is 12.0. The van der Waals surface area contributed by atoms with Crippen molar-refractivity contribution in [3.63, 3.8) is 0 Å². The lowest BCUT2D eigenvalue weighted by Gasteiger charge is -2.09. The van der Waals surface area contributed by atoms with Crippen LogP contribution in [-0.4, -0.2) is 19.5 Å². The highest BCUT2D eigenvalue weighted by atomic mass is 32.2. The second-order valence-corrected chi connectivity index (χ2v) is 5.45. The fraction of sp³-hybridized carbons (Fsp3) is 0. The van der Waals surface area contributed by atoms with Gasteiger partial charge in [-0.05, 0) is 36.4 Å². The van der Waals surface area contributed by atoms with Crippen molar-refractivity contribution in [2.45, 2.75) is 4.90 Å². The molecular weight excluding hydrogens is 282 g/mol. The molecule has 0 bridgehead atoms. The number of nitrogen functional groups attached to an aromatic ring is 1. The Morgan fingerprint density at radius 2 is 1.65 bits per heavy atom. The van der Waals surface area contributed by atoms with Crippen molar-refractivity contribution < 1.29 is 22.5 Å². The van der Waals surface area contributed by atoms with Crippen LogP contribution in [0.3, 0.4) is 0 Å². The van der Waals surface area contributed by atoms with Crippen LogP contribution in [0.2, 0.25) is 0 Å². The number of para-hydroxylation sites is 2. The maximum Gasteiger partial charge on any atom is 0.339 e. The number of carboxylic acids is 1. The summed E-state index contributed by atoms with van der Waals surface area (Å²) in [7, 11) is -4.05. The van der Waals surface area contributed by atoms with Crippen LogP contribution < -0.4 is 9.92 Å². The van der Waals surface area contributed by atoms with E-state index in [0.29, 0.717) is 0 Å². The number of rotatable bonds is 4. The molecule has 0 spiro atoms. The smallest absolute Gasteiger partial charge is 0.339 e. The molecule has 0 saturated heterocycles. The van der Waals surface area contributed by atoms with Crippen LogP contribution in [0.4, 0.5) is 5.69 Å². The normalized spacial score (nSPS) is 11.0. The van der Waals surface area contributed by atoms with Crippen molar-refractivity contribution in [2.75, 3.05) is 5.73 Å². The lowest BCUT2D eigenvalue weighted by molar-refractivity contribution is 0.0696. The zero-order valence-electron chi connectivity index (χ0n) is 10.2. The van der Waals surface area contributed by atoms with Crippen molar-refractivity contribution in [3.05, 3.63) is 54.1 Å². The molecule has 2 aromatic rings. The Labute approximate surface area is 115 Å². The predicted molar refractivity (Wildman–Crippen MR) is 72.1 cm³/mol. The van der Waals surface area contributed by atoms with Crippen LogP contribution in [0.15, 0.2) is 53.4 Å². The zero-order valence-corrected chi connectivity index (χ0v) is 11.0. The Hall–Kier alpha value is -2.54. The quantitative estimate of drug-likeness (QED) is 0.656. The van der Waals surface area contributed by atoms with Crippen LogP contribution >= 0.6 is 0 Å². The van der Waals surface area contributed by atoms with Crippen LogP contribution in [0.1, 0.15) is 10.4 Å². The van der Waals surface area contributed by atoms with Crippen molar-refractivity contribution in [2.24, 2.45) is 0 Å². The molecule has 0 atom stereocenters. The Bertz CT molecular complexity index is 738. The fourth-order valence-electron chi connectivity index (χ4n) is 1.49. The van der Waals surface area contributed by atoms with Gasteiger partial charge in [-0.15, -0.1) is 0 Å². The second kappa shape index (κ2) is 5.22. The molecule has 0 aromatic heterocycles. The van der Waals surface area contributed by atoms with E-state index < -0.39 is 16.1 Å². The summed E-state index contributed by atoms with van der Waals surface area (Å²) in [6, 6.07) is 10.9. The van der Waals surface area contributed by atoms with Crippen LogP contribution in [0.5, 0.6) is 5.75 Å². The Morgan fingerprint density at radius 3 is 2.20 bits per heavy atom. The van der Waals surface area contributed by atoms with Gasteiger partial charge in [0.25, 0.3) is 0 Å². The Kier molecular flexibility index (Phi) is 3.62. The van der Waals surface area contributed by atoms with Crippen molar-refractivity contribution in [1.82, 2.24) is 0 Å². The Balaban J connectivity index is 2.31. The van der Waals surface area contributed by atoms with E-state index >= 15 is 0 Å². The molecule has 0 aliphatic heterocycles. The van der Waals surface area contributed by atoms with Crippen LogP contribution in [-0.2, 0) is 10.1 Å². The topological polar surface area (TPSA) is 107 Å². The maximum atomic E-state index is 12.0. The first kappa shape index (κ1) is 13.9. The van der Waals surface area contributed by atoms with Gasteiger partial charge in [-0.1, -0.05) is 12.1 Å². The summed E-state index contributed by atoms with van der Waals surface area (Å²) in [5.74, 6) is -1.11. The van der Waals surface area contributed by atoms with E-state index in [2.05, 4.69) is 0 Å². The van der Waals surface area contributed by atoms with Gasteiger partial charge in [0.15, 0.2) is 5.75 Å². The predicted octanol–water partition coefficient (Wildman–Crippen LogP) is 1.73. The molecule has 0 heterocycles. The molecular formula is C13H11NO5S. The minimum atomic E-state index is -4.05. The summed E-state index contributed by atoms with van der Waals surface area (Å²) < 4.78 is 28.9. The van der Waals surface area contributed by atoms with E-state index in [-0.39, 0.29) is 21.9 Å². The van der Waals surface area contributed by atoms with Gasteiger partial charge in [-0.25, -0.2) is 4.79 Å². The molecule has 0 aliphatic carbocycles. The largest absolute Gasteiger partial charge is 0.478 e. The molecule has 0 unspecified atom stereocenters.